The van der Waals surface area contributed by atoms with Crippen LogP contribution in [0, 0.1) is 17.7 Å². The molecule has 132 valence electrons. The van der Waals surface area contributed by atoms with E-state index in [1.807, 2.05) is 6.07 Å². The summed E-state index contributed by atoms with van der Waals surface area (Å²) in [7, 11) is 0. The highest BCUT2D eigenvalue weighted by Crippen LogP contribution is 2.36. The van der Waals surface area contributed by atoms with Gasteiger partial charge in [0.1, 0.15) is 5.82 Å². The third kappa shape index (κ3) is 4.94. The van der Waals surface area contributed by atoms with Crippen molar-refractivity contribution in [2.24, 2.45) is 11.8 Å². The summed E-state index contributed by atoms with van der Waals surface area (Å²) in [5.74, 6) is 1.87. The molecule has 0 radical (unpaired) electrons. The van der Waals surface area contributed by atoms with Crippen LogP contribution in [0.15, 0.2) is 23.8 Å². The SMILES string of the molecule is CCCCCC1CCC(CCC2=Cc3ccc(F)cc3CC2)CC1. The molecule has 1 aromatic rings. The number of aryl methyl sites for hydroxylation is 1. The van der Waals surface area contributed by atoms with Crippen LogP contribution < -0.4 is 0 Å². The van der Waals surface area contributed by atoms with Gasteiger partial charge in [0.15, 0.2) is 0 Å². The van der Waals surface area contributed by atoms with Crippen molar-refractivity contribution in [3.05, 3.63) is 40.7 Å². The summed E-state index contributed by atoms with van der Waals surface area (Å²) in [5, 5.41) is 0. The largest absolute Gasteiger partial charge is 0.207 e. The summed E-state index contributed by atoms with van der Waals surface area (Å²) in [5.41, 5.74) is 4.02. The summed E-state index contributed by atoms with van der Waals surface area (Å²) in [6.45, 7) is 2.30. The summed E-state index contributed by atoms with van der Waals surface area (Å²) >= 11 is 0. The second-order valence-corrected chi connectivity index (χ2v) is 8.07. The summed E-state index contributed by atoms with van der Waals surface area (Å²) in [4.78, 5) is 0. The lowest BCUT2D eigenvalue weighted by atomic mass is 9.77. The number of halogens is 1. The molecule has 24 heavy (non-hydrogen) atoms. The smallest absolute Gasteiger partial charge is 0.123 e. The molecule has 0 amide bonds. The lowest BCUT2D eigenvalue weighted by Gasteiger charge is -2.29. The molecule has 1 aromatic carbocycles. The quantitative estimate of drug-likeness (QED) is 0.460. The average molecular weight is 329 g/mol. The van der Waals surface area contributed by atoms with Gasteiger partial charge in [0.05, 0.1) is 0 Å². The first-order chi connectivity index (χ1) is 11.7. The first-order valence-electron chi connectivity index (χ1n) is 10.2. The zero-order valence-corrected chi connectivity index (χ0v) is 15.3. The average Bonchev–Trinajstić information content (AvgIpc) is 2.61. The summed E-state index contributed by atoms with van der Waals surface area (Å²) in [6.07, 6.45) is 18.6. The van der Waals surface area contributed by atoms with Gasteiger partial charge in [-0.25, -0.2) is 4.39 Å². The van der Waals surface area contributed by atoms with E-state index >= 15 is 0 Å². The Hall–Kier alpha value is -1.11. The van der Waals surface area contributed by atoms with Crippen molar-refractivity contribution in [3.8, 4) is 0 Å². The van der Waals surface area contributed by atoms with Crippen LogP contribution in [0.2, 0.25) is 0 Å². The molecule has 0 heterocycles. The van der Waals surface area contributed by atoms with Gasteiger partial charge < -0.3 is 0 Å². The Kier molecular flexibility index (Phi) is 6.51. The van der Waals surface area contributed by atoms with Gasteiger partial charge in [-0.3, -0.25) is 0 Å². The van der Waals surface area contributed by atoms with Crippen LogP contribution >= 0.6 is 0 Å². The van der Waals surface area contributed by atoms with Crippen LogP contribution in [0.1, 0.15) is 88.7 Å². The number of hydrogen-bond acceptors (Lipinski definition) is 0. The van der Waals surface area contributed by atoms with Crippen molar-refractivity contribution in [2.75, 3.05) is 0 Å². The molecule has 2 aliphatic carbocycles. The molecule has 0 saturated heterocycles. The molecule has 3 rings (SSSR count). The molecule has 1 saturated carbocycles. The van der Waals surface area contributed by atoms with E-state index in [1.165, 1.54) is 75.3 Å². The minimum atomic E-state index is -0.0960. The maximum Gasteiger partial charge on any atom is 0.123 e. The Bertz CT molecular complexity index is 549. The molecule has 1 fully saturated rings. The molecular formula is C23H33F. The highest BCUT2D eigenvalue weighted by Gasteiger charge is 2.21. The third-order valence-corrected chi connectivity index (χ3v) is 6.24. The first-order valence-corrected chi connectivity index (χ1v) is 10.2. The second kappa shape index (κ2) is 8.83. The molecule has 0 unspecified atom stereocenters. The van der Waals surface area contributed by atoms with Gasteiger partial charge in [0.25, 0.3) is 0 Å². The van der Waals surface area contributed by atoms with E-state index in [4.69, 9.17) is 0 Å². The van der Waals surface area contributed by atoms with Gasteiger partial charge in [0.2, 0.25) is 0 Å². The molecular weight excluding hydrogens is 295 g/mol. The Balaban J connectivity index is 1.42. The van der Waals surface area contributed by atoms with Crippen LogP contribution in [0.3, 0.4) is 0 Å². The number of fused-ring (bicyclic) bond motifs is 1. The standard InChI is InChI=1S/C23H33F/c1-2-3-4-5-18-6-8-19(9-7-18)10-11-20-12-13-22-17-23(24)15-14-21(22)16-20/h14-19H,2-13H2,1H3. The van der Waals surface area contributed by atoms with E-state index < -0.39 is 0 Å². The van der Waals surface area contributed by atoms with E-state index in [-0.39, 0.29) is 5.82 Å². The molecule has 0 spiro atoms. The number of rotatable bonds is 7. The van der Waals surface area contributed by atoms with E-state index in [0.717, 1.165) is 24.7 Å². The molecule has 1 heteroatoms. The van der Waals surface area contributed by atoms with Crippen LogP contribution in [0.5, 0.6) is 0 Å². The third-order valence-electron chi connectivity index (χ3n) is 6.24. The van der Waals surface area contributed by atoms with Crippen molar-refractivity contribution in [3.63, 3.8) is 0 Å². The second-order valence-electron chi connectivity index (χ2n) is 8.07. The predicted molar refractivity (Wildman–Crippen MR) is 102 cm³/mol. The van der Waals surface area contributed by atoms with Gasteiger partial charge >= 0.3 is 0 Å². The zero-order valence-electron chi connectivity index (χ0n) is 15.3. The van der Waals surface area contributed by atoms with E-state index in [0.29, 0.717) is 0 Å². The number of benzene rings is 1. The zero-order chi connectivity index (χ0) is 16.8. The van der Waals surface area contributed by atoms with Crippen molar-refractivity contribution in [1.82, 2.24) is 0 Å². The van der Waals surface area contributed by atoms with Gasteiger partial charge in [-0.15, -0.1) is 0 Å². The van der Waals surface area contributed by atoms with E-state index in [1.54, 1.807) is 17.7 Å². The summed E-state index contributed by atoms with van der Waals surface area (Å²) in [6, 6.07) is 5.26. The van der Waals surface area contributed by atoms with Gasteiger partial charge in [-0.05, 0) is 60.8 Å². The molecule has 0 aromatic heterocycles. The van der Waals surface area contributed by atoms with Crippen molar-refractivity contribution >= 4 is 6.08 Å². The van der Waals surface area contributed by atoms with Gasteiger partial charge in [0, 0.05) is 0 Å². The normalized spacial score (nSPS) is 23.7. The molecule has 2 aliphatic rings. The molecule has 0 bridgehead atoms. The number of allylic oxidation sites excluding steroid dienone is 1. The van der Waals surface area contributed by atoms with Crippen LogP contribution in [0.25, 0.3) is 6.08 Å². The predicted octanol–water partition coefficient (Wildman–Crippen LogP) is 7.32. The van der Waals surface area contributed by atoms with E-state index in [2.05, 4.69) is 13.0 Å². The number of unbranched alkanes of at least 4 members (excludes halogenated alkanes) is 2. The minimum Gasteiger partial charge on any atom is -0.207 e. The van der Waals surface area contributed by atoms with Crippen LogP contribution in [-0.4, -0.2) is 0 Å². The van der Waals surface area contributed by atoms with Gasteiger partial charge in [-0.2, -0.15) is 0 Å². The Morgan fingerprint density at radius 2 is 1.71 bits per heavy atom. The first kappa shape index (κ1) is 17.7. The Morgan fingerprint density at radius 1 is 0.958 bits per heavy atom. The Labute approximate surface area is 147 Å². The maximum atomic E-state index is 13.3. The summed E-state index contributed by atoms with van der Waals surface area (Å²) < 4.78 is 13.3. The fourth-order valence-electron chi connectivity index (χ4n) is 4.60. The maximum absolute atomic E-state index is 13.3. The number of hydrogen-bond donors (Lipinski definition) is 0. The minimum absolute atomic E-state index is 0.0960. The topological polar surface area (TPSA) is 0 Å². The fourth-order valence-corrected chi connectivity index (χ4v) is 4.60. The van der Waals surface area contributed by atoms with Crippen molar-refractivity contribution in [1.29, 1.82) is 0 Å². The molecule has 0 N–H and O–H groups in total. The lowest BCUT2D eigenvalue weighted by Crippen LogP contribution is -2.15. The molecule has 0 atom stereocenters. The van der Waals surface area contributed by atoms with Gasteiger partial charge in [-0.1, -0.05) is 76.0 Å². The molecule has 0 nitrogen and oxygen atoms in total. The van der Waals surface area contributed by atoms with E-state index in [9.17, 15) is 4.39 Å². The van der Waals surface area contributed by atoms with Crippen LogP contribution in [-0.2, 0) is 6.42 Å². The van der Waals surface area contributed by atoms with Crippen molar-refractivity contribution < 1.29 is 4.39 Å². The van der Waals surface area contributed by atoms with Crippen molar-refractivity contribution in [2.45, 2.75) is 84.0 Å². The fraction of sp³-hybridized carbons (Fsp3) is 0.652. The van der Waals surface area contributed by atoms with Crippen LogP contribution in [0.4, 0.5) is 4.39 Å². The molecule has 0 aliphatic heterocycles. The lowest BCUT2D eigenvalue weighted by molar-refractivity contribution is 0.249. The monoisotopic (exact) mass is 328 g/mol. The highest BCUT2D eigenvalue weighted by atomic mass is 19.1. The Morgan fingerprint density at radius 3 is 2.46 bits per heavy atom. The highest BCUT2D eigenvalue weighted by molar-refractivity contribution is 5.59.